The van der Waals surface area contributed by atoms with E-state index in [1.165, 1.54) is 34.1 Å². The summed E-state index contributed by atoms with van der Waals surface area (Å²) in [7, 11) is 4.56. The van der Waals surface area contributed by atoms with Crippen LogP contribution in [-0.2, 0) is 15.7 Å². The van der Waals surface area contributed by atoms with E-state index in [4.69, 9.17) is 30.5 Å². The molecule has 8 nitrogen and oxygen atoms in total. The molecule has 1 saturated heterocycles. The molecule has 1 heterocycles. The summed E-state index contributed by atoms with van der Waals surface area (Å²) in [6.07, 6.45) is -4.12. The minimum atomic E-state index is -4.66. The Morgan fingerprint density at radius 1 is 1.08 bits per heavy atom. The predicted molar refractivity (Wildman–Crippen MR) is 131 cm³/mol. The van der Waals surface area contributed by atoms with E-state index in [-0.39, 0.29) is 41.0 Å². The maximum atomic E-state index is 13.2. The molecule has 38 heavy (non-hydrogen) atoms. The van der Waals surface area contributed by atoms with Crippen molar-refractivity contribution in [2.45, 2.75) is 38.4 Å². The summed E-state index contributed by atoms with van der Waals surface area (Å²) in [5.41, 5.74) is -1.06. The van der Waals surface area contributed by atoms with Crippen LogP contribution in [0.2, 0.25) is 5.02 Å². The number of nitrogens with zero attached hydrogens (tertiary/aromatic N) is 1. The van der Waals surface area contributed by atoms with Crippen LogP contribution in [0.4, 0.5) is 13.2 Å². The summed E-state index contributed by atoms with van der Waals surface area (Å²) in [5, 5.41) is -0.473. The number of ketones is 1. The van der Waals surface area contributed by atoms with Gasteiger partial charge in [-0.1, -0.05) is 11.6 Å². The van der Waals surface area contributed by atoms with Crippen molar-refractivity contribution in [1.82, 2.24) is 4.90 Å². The second kappa shape index (κ2) is 11.6. The number of rotatable bonds is 8. The van der Waals surface area contributed by atoms with Crippen molar-refractivity contribution in [3.8, 4) is 17.2 Å². The van der Waals surface area contributed by atoms with Crippen molar-refractivity contribution in [1.29, 1.82) is 0 Å². The van der Waals surface area contributed by atoms with Gasteiger partial charge in [0, 0.05) is 24.5 Å². The Morgan fingerprint density at radius 3 is 2.26 bits per heavy atom. The molecule has 0 saturated carbocycles. The number of likely N-dealkylation sites (N-methyl/N-ethyl adjacent to an activating group) is 1. The molecule has 0 radical (unpaired) electrons. The largest absolute Gasteiger partial charge is 0.496 e. The minimum absolute atomic E-state index is 0.0270. The van der Waals surface area contributed by atoms with E-state index in [1.54, 1.807) is 0 Å². The van der Waals surface area contributed by atoms with Crippen LogP contribution in [0, 0.1) is 0 Å². The molecule has 1 fully saturated rings. The van der Waals surface area contributed by atoms with Crippen LogP contribution in [0.15, 0.2) is 24.3 Å². The molecule has 0 aliphatic carbocycles. The maximum Gasteiger partial charge on any atom is 0.416 e. The quantitative estimate of drug-likeness (QED) is 0.250. The first-order chi connectivity index (χ1) is 17.8. The molecule has 0 N–H and O–H groups in total. The van der Waals surface area contributed by atoms with Gasteiger partial charge in [-0.15, -0.1) is 0 Å². The van der Waals surface area contributed by atoms with Crippen LogP contribution in [0.1, 0.15) is 58.0 Å². The van der Waals surface area contributed by atoms with Gasteiger partial charge in [0.15, 0.2) is 11.5 Å². The van der Waals surface area contributed by atoms with Gasteiger partial charge in [-0.05, 0) is 45.1 Å². The van der Waals surface area contributed by atoms with Gasteiger partial charge in [-0.2, -0.15) is 13.2 Å². The summed E-state index contributed by atoms with van der Waals surface area (Å²) < 4.78 is 61.2. The monoisotopic (exact) mass is 557 g/mol. The van der Waals surface area contributed by atoms with Gasteiger partial charge in [-0.25, -0.2) is 4.79 Å². The zero-order chi connectivity index (χ0) is 28.4. The van der Waals surface area contributed by atoms with Gasteiger partial charge in [0.1, 0.15) is 23.7 Å². The molecule has 3 rings (SSSR count). The first-order valence-corrected chi connectivity index (χ1v) is 11.9. The molecule has 2 aromatic rings. The third-order valence-electron chi connectivity index (χ3n) is 6.40. The van der Waals surface area contributed by atoms with Gasteiger partial charge in [-0.3, -0.25) is 14.5 Å². The lowest BCUT2D eigenvalue weighted by Crippen LogP contribution is -2.34. The van der Waals surface area contributed by atoms with Gasteiger partial charge in [0.25, 0.3) is 0 Å². The van der Waals surface area contributed by atoms with Crippen LogP contribution >= 0.6 is 11.6 Å². The molecule has 0 bridgehead atoms. The Balaban J connectivity index is 2.18. The number of benzene rings is 2. The molecular formula is C26H27ClF3NO7. The molecule has 0 aromatic heterocycles. The lowest BCUT2D eigenvalue weighted by molar-refractivity contribution is -0.142. The Labute approximate surface area is 222 Å². The molecular weight excluding hydrogens is 531 g/mol. The zero-order valence-corrected chi connectivity index (χ0v) is 22.2. The molecule has 1 aliphatic rings. The van der Waals surface area contributed by atoms with Crippen LogP contribution in [0.3, 0.4) is 0 Å². The Kier molecular flexibility index (Phi) is 8.94. The average molecular weight is 558 g/mol. The van der Waals surface area contributed by atoms with Crippen LogP contribution < -0.4 is 14.2 Å². The molecule has 12 heteroatoms. The zero-order valence-electron chi connectivity index (χ0n) is 21.4. The topological polar surface area (TPSA) is 91.4 Å². The minimum Gasteiger partial charge on any atom is -0.496 e. The number of hydrogen-bond donors (Lipinski definition) is 0. The number of Topliss-reactive ketones (excluding diaryl/α,β-unsaturated/α-hetero) is 1. The number of carbonyl (C=O) groups is 3. The van der Waals surface area contributed by atoms with Crippen molar-refractivity contribution >= 4 is 29.3 Å². The summed E-state index contributed by atoms with van der Waals surface area (Å²) >= 11 is 6.02. The molecule has 2 aromatic carbocycles. The smallest absolute Gasteiger partial charge is 0.416 e. The third-order valence-corrected chi connectivity index (χ3v) is 6.71. The SMILES string of the molecule is COc1cc(OC)c([C@@H]2CCN(C)[C@H]2COC(C)=O)c(OC(=O)c2ccc(C(F)(F)F)cc2Cl)c1C(C)=O. The highest BCUT2D eigenvalue weighted by Gasteiger charge is 2.40. The fourth-order valence-corrected chi connectivity index (χ4v) is 4.80. The summed E-state index contributed by atoms with van der Waals surface area (Å²) in [6.45, 7) is 3.17. The number of likely N-dealkylation sites (tertiary alicyclic amines) is 1. The van der Waals surface area contributed by atoms with Gasteiger partial charge < -0.3 is 18.9 Å². The summed E-state index contributed by atoms with van der Waals surface area (Å²) in [6, 6.07) is 3.38. The van der Waals surface area contributed by atoms with E-state index < -0.39 is 40.4 Å². The summed E-state index contributed by atoms with van der Waals surface area (Å²) in [4.78, 5) is 39.5. The second-order valence-electron chi connectivity index (χ2n) is 8.78. The molecule has 0 unspecified atom stereocenters. The molecule has 0 amide bonds. The van der Waals surface area contributed by atoms with Crippen molar-refractivity contribution in [2.75, 3.05) is 34.4 Å². The second-order valence-corrected chi connectivity index (χ2v) is 9.19. The van der Waals surface area contributed by atoms with Crippen LogP contribution in [0.5, 0.6) is 17.2 Å². The number of hydrogen-bond acceptors (Lipinski definition) is 8. The van der Waals surface area contributed by atoms with E-state index in [2.05, 4.69) is 0 Å². The van der Waals surface area contributed by atoms with E-state index in [9.17, 15) is 27.6 Å². The molecule has 2 atom stereocenters. The highest BCUT2D eigenvalue weighted by atomic mass is 35.5. The van der Waals surface area contributed by atoms with Crippen molar-refractivity contribution < 1.29 is 46.5 Å². The number of methoxy groups -OCH3 is 2. The first kappa shape index (κ1) is 29.2. The highest BCUT2D eigenvalue weighted by Crippen LogP contribution is 2.48. The number of halogens is 4. The van der Waals surface area contributed by atoms with E-state index in [0.29, 0.717) is 30.7 Å². The van der Waals surface area contributed by atoms with E-state index in [1.807, 2.05) is 11.9 Å². The lowest BCUT2D eigenvalue weighted by Gasteiger charge is -2.28. The fourth-order valence-electron chi connectivity index (χ4n) is 4.54. The van der Waals surface area contributed by atoms with Crippen molar-refractivity contribution in [3.05, 3.63) is 51.5 Å². The lowest BCUT2D eigenvalue weighted by atomic mass is 9.87. The molecule has 1 aliphatic heterocycles. The number of ether oxygens (including phenoxy) is 4. The molecule has 206 valence electrons. The van der Waals surface area contributed by atoms with Crippen LogP contribution in [0.25, 0.3) is 0 Å². The van der Waals surface area contributed by atoms with Gasteiger partial charge >= 0.3 is 18.1 Å². The van der Waals surface area contributed by atoms with E-state index >= 15 is 0 Å². The standard InChI is InChI=1S/C26H27ClF3NO7/c1-13(32)22-20(35-4)11-21(36-5)23(17-8-9-31(3)19(17)12-37-14(2)33)24(22)38-25(34)16-7-6-15(10-18(16)27)26(28,29)30/h6-7,10-11,17,19H,8-9,12H2,1-5H3/t17-,19+/m1/s1. The number of esters is 2. The Bertz CT molecular complexity index is 1250. The summed E-state index contributed by atoms with van der Waals surface area (Å²) in [5.74, 6) is -2.30. The van der Waals surface area contributed by atoms with Gasteiger partial charge in [0.05, 0.1) is 36.4 Å². The fraction of sp³-hybridized carbons (Fsp3) is 0.423. The number of alkyl halides is 3. The Hall–Kier alpha value is -3.31. The van der Waals surface area contributed by atoms with Crippen molar-refractivity contribution in [2.24, 2.45) is 0 Å². The number of carbonyl (C=O) groups excluding carboxylic acids is 3. The van der Waals surface area contributed by atoms with Crippen LogP contribution in [-0.4, -0.2) is 63.1 Å². The third kappa shape index (κ3) is 6.05. The first-order valence-electron chi connectivity index (χ1n) is 11.5. The highest BCUT2D eigenvalue weighted by molar-refractivity contribution is 6.33. The Morgan fingerprint density at radius 2 is 1.74 bits per heavy atom. The van der Waals surface area contributed by atoms with Crippen molar-refractivity contribution in [3.63, 3.8) is 0 Å². The normalized spacial score (nSPS) is 17.7. The predicted octanol–water partition coefficient (Wildman–Crippen LogP) is 5.15. The average Bonchev–Trinajstić information content (AvgIpc) is 3.20. The maximum absolute atomic E-state index is 13.2. The molecule has 0 spiro atoms. The van der Waals surface area contributed by atoms with Gasteiger partial charge in [0.2, 0.25) is 0 Å². The van der Waals surface area contributed by atoms with E-state index in [0.717, 1.165) is 6.07 Å².